The van der Waals surface area contributed by atoms with E-state index in [0.717, 1.165) is 24.0 Å². The van der Waals surface area contributed by atoms with Crippen LogP contribution < -0.4 is 10.5 Å². The topological polar surface area (TPSA) is 72.2 Å². The van der Waals surface area contributed by atoms with Gasteiger partial charge in [0.15, 0.2) is 0 Å². The Morgan fingerprint density at radius 1 is 1.20 bits per heavy atom. The Labute approximate surface area is 122 Å². The smallest absolute Gasteiger partial charge is 0.240 e. The van der Waals surface area contributed by atoms with Gasteiger partial charge in [-0.25, -0.2) is 13.1 Å². The van der Waals surface area contributed by atoms with E-state index in [-0.39, 0.29) is 5.41 Å². The van der Waals surface area contributed by atoms with Gasteiger partial charge in [-0.15, -0.1) is 0 Å². The minimum absolute atomic E-state index is 0.161. The second-order valence-electron chi connectivity index (χ2n) is 5.50. The van der Waals surface area contributed by atoms with Crippen LogP contribution in [0.4, 0.5) is 0 Å². The second-order valence-corrected chi connectivity index (χ2v) is 7.24. The minimum atomic E-state index is -3.48. The Bertz CT molecular complexity index is 541. The third kappa shape index (κ3) is 3.81. The van der Waals surface area contributed by atoms with Crippen molar-refractivity contribution in [3.8, 4) is 0 Å². The monoisotopic (exact) mass is 298 g/mol. The van der Waals surface area contributed by atoms with E-state index in [1.165, 1.54) is 0 Å². The average molecular weight is 298 g/mol. The van der Waals surface area contributed by atoms with Gasteiger partial charge in [-0.1, -0.05) is 31.5 Å². The largest absolute Gasteiger partial charge is 0.330 e. The first-order chi connectivity index (χ1) is 9.30. The first kappa shape index (κ1) is 17.1. The normalized spacial score (nSPS) is 12.7. The molecular formula is C15H26N2O2S. The summed E-state index contributed by atoms with van der Waals surface area (Å²) in [6.07, 6.45) is 1.71. The lowest BCUT2D eigenvalue weighted by atomic mass is 9.83. The number of nitrogens with one attached hydrogen (secondary N) is 1. The van der Waals surface area contributed by atoms with E-state index in [1.807, 2.05) is 39.8 Å². The highest BCUT2D eigenvalue weighted by molar-refractivity contribution is 7.89. The Morgan fingerprint density at radius 2 is 1.80 bits per heavy atom. The van der Waals surface area contributed by atoms with Gasteiger partial charge in [-0.05, 0) is 50.3 Å². The highest BCUT2D eigenvalue weighted by Gasteiger charge is 2.27. The molecule has 1 aromatic rings. The molecule has 0 saturated heterocycles. The second kappa shape index (κ2) is 6.70. The molecule has 0 aliphatic heterocycles. The number of rotatable bonds is 7. The van der Waals surface area contributed by atoms with E-state index in [1.54, 1.807) is 6.07 Å². The number of aryl methyl sites for hydroxylation is 2. The molecule has 0 bridgehead atoms. The summed E-state index contributed by atoms with van der Waals surface area (Å²) < 4.78 is 27.5. The van der Waals surface area contributed by atoms with Crippen molar-refractivity contribution in [2.24, 2.45) is 11.1 Å². The maximum atomic E-state index is 12.4. The fourth-order valence-electron chi connectivity index (χ4n) is 2.29. The van der Waals surface area contributed by atoms with Crippen molar-refractivity contribution < 1.29 is 8.42 Å². The SMILES string of the molecule is CCC(CC)(CN)CNS(=O)(=O)c1ccc(C)cc1C. The molecule has 20 heavy (non-hydrogen) atoms. The summed E-state index contributed by atoms with van der Waals surface area (Å²) >= 11 is 0. The van der Waals surface area contributed by atoms with Crippen LogP contribution in [0.1, 0.15) is 37.8 Å². The summed E-state index contributed by atoms with van der Waals surface area (Å²) in [5, 5.41) is 0. The molecule has 0 unspecified atom stereocenters. The molecule has 0 aromatic heterocycles. The van der Waals surface area contributed by atoms with Gasteiger partial charge in [-0.2, -0.15) is 0 Å². The first-order valence-corrected chi connectivity index (χ1v) is 8.55. The Morgan fingerprint density at radius 3 is 2.25 bits per heavy atom. The predicted molar refractivity (Wildman–Crippen MR) is 83.2 cm³/mol. The molecule has 0 spiro atoms. The fourth-order valence-corrected chi connectivity index (χ4v) is 3.67. The number of benzene rings is 1. The van der Waals surface area contributed by atoms with Crippen LogP contribution in [0.3, 0.4) is 0 Å². The zero-order valence-corrected chi connectivity index (χ0v) is 13.7. The standard InChI is InChI=1S/C15H26N2O2S/c1-5-15(6-2,10-16)11-17-20(18,19)14-8-7-12(3)9-13(14)4/h7-9,17H,5-6,10-11,16H2,1-4H3. The van der Waals surface area contributed by atoms with Crippen LogP contribution in [-0.4, -0.2) is 21.5 Å². The molecule has 0 atom stereocenters. The quantitative estimate of drug-likeness (QED) is 0.811. The molecule has 0 saturated carbocycles. The van der Waals surface area contributed by atoms with Crippen LogP contribution in [0.25, 0.3) is 0 Å². The van der Waals surface area contributed by atoms with E-state index >= 15 is 0 Å². The fraction of sp³-hybridized carbons (Fsp3) is 0.600. The summed E-state index contributed by atoms with van der Waals surface area (Å²) in [5.41, 5.74) is 7.47. The Balaban J connectivity index is 2.96. The van der Waals surface area contributed by atoms with Crippen molar-refractivity contribution in [3.63, 3.8) is 0 Å². The van der Waals surface area contributed by atoms with Crippen molar-refractivity contribution in [1.29, 1.82) is 0 Å². The predicted octanol–water partition coefficient (Wildman–Crippen LogP) is 2.35. The lowest BCUT2D eigenvalue weighted by Crippen LogP contribution is -2.41. The third-order valence-corrected chi connectivity index (χ3v) is 5.75. The molecule has 0 radical (unpaired) electrons. The zero-order valence-electron chi connectivity index (χ0n) is 12.9. The van der Waals surface area contributed by atoms with Gasteiger partial charge in [0.05, 0.1) is 4.90 Å². The van der Waals surface area contributed by atoms with Crippen LogP contribution >= 0.6 is 0 Å². The van der Waals surface area contributed by atoms with E-state index in [0.29, 0.717) is 18.0 Å². The number of sulfonamides is 1. The maximum absolute atomic E-state index is 12.4. The highest BCUT2D eigenvalue weighted by atomic mass is 32.2. The van der Waals surface area contributed by atoms with Crippen molar-refractivity contribution in [2.45, 2.75) is 45.4 Å². The Hall–Kier alpha value is -0.910. The summed E-state index contributed by atoms with van der Waals surface area (Å²) in [7, 11) is -3.48. The van der Waals surface area contributed by atoms with Crippen molar-refractivity contribution in [1.82, 2.24) is 4.72 Å². The highest BCUT2D eigenvalue weighted by Crippen LogP contribution is 2.25. The Kier molecular flexibility index (Phi) is 5.74. The molecule has 0 heterocycles. The molecule has 0 aliphatic carbocycles. The summed E-state index contributed by atoms with van der Waals surface area (Å²) in [6.45, 7) is 8.72. The van der Waals surface area contributed by atoms with E-state index in [2.05, 4.69) is 4.72 Å². The van der Waals surface area contributed by atoms with Crippen LogP contribution in [0.2, 0.25) is 0 Å². The lowest BCUT2D eigenvalue weighted by Gasteiger charge is -2.30. The lowest BCUT2D eigenvalue weighted by molar-refractivity contribution is 0.275. The van der Waals surface area contributed by atoms with Crippen molar-refractivity contribution in [3.05, 3.63) is 29.3 Å². The van der Waals surface area contributed by atoms with E-state index < -0.39 is 10.0 Å². The van der Waals surface area contributed by atoms with Gasteiger partial charge in [0.1, 0.15) is 0 Å². The summed E-state index contributed by atoms with van der Waals surface area (Å²) in [4.78, 5) is 0.348. The molecule has 4 nitrogen and oxygen atoms in total. The maximum Gasteiger partial charge on any atom is 0.240 e. The van der Waals surface area contributed by atoms with Crippen molar-refractivity contribution in [2.75, 3.05) is 13.1 Å². The molecule has 0 amide bonds. The molecule has 0 fully saturated rings. The van der Waals surface area contributed by atoms with E-state index in [9.17, 15) is 8.42 Å². The van der Waals surface area contributed by atoms with Gasteiger partial charge in [0.25, 0.3) is 0 Å². The van der Waals surface area contributed by atoms with Crippen LogP contribution in [0, 0.1) is 19.3 Å². The number of hydrogen-bond acceptors (Lipinski definition) is 3. The summed E-state index contributed by atoms with van der Waals surface area (Å²) in [5.74, 6) is 0. The van der Waals surface area contributed by atoms with Crippen molar-refractivity contribution >= 4 is 10.0 Å². The average Bonchev–Trinajstić information content (AvgIpc) is 2.40. The van der Waals surface area contributed by atoms with Gasteiger partial charge in [-0.3, -0.25) is 0 Å². The minimum Gasteiger partial charge on any atom is -0.330 e. The van der Waals surface area contributed by atoms with Gasteiger partial charge in [0.2, 0.25) is 10.0 Å². The van der Waals surface area contributed by atoms with Gasteiger partial charge < -0.3 is 5.73 Å². The first-order valence-electron chi connectivity index (χ1n) is 7.07. The summed E-state index contributed by atoms with van der Waals surface area (Å²) in [6, 6.07) is 5.36. The van der Waals surface area contributed by atoms with Crippen LogP contribution in [0.15, 0.2) is 23.1 Å². The molecule has 5 heteroatoms. The third-order valence-electron chi connectivity index (χ3n) is 4.19. The van der Waals surface area contributed by atoms with Gasteiger partial charge >= 0.3 is 0 Å². The zero-order chi connectivity index (χ0) is 15.4. The van der Waals surface area contributed by atoms with Gasteiger partial charge in [0, 0.05) is 6.54 Å². The molecular weight excluding hydrogens is 272 g/mol. The molecule has 0 aliphatic rings. The van der Waals surface area contributed by atoms with Crippen LogP contribution in [-0.2, 0) is 10.0 Å². The molecule has 1 aromatic carbocycles. The molecule has 3 N–H and O–H groups in total. The molecule has 114 valence electrons. The number of hydrogen-bond donors (Lipinski definition) is 2. The van der Waals surface area contributed by atoms with E-state index in [4.69, 9.17) is 5.73 Å². The molecule has 1 rings (SSSR count). The van der Waals surface area contributed by atoms with Crippen LogP contribution in [0.5, 0.6) is 0 Å². The number of nitrogens with two attached hydrogens (primary N) is 1.